The molecule has 1 aromatic heterocycles. The zero-order valence-electron chi connectivity index (χ0n) is 8.47. The monoisotopic (exact) mass is 222 g/mol. The van der Waals surface area contributed by atoms with Crippen molar-refractivity contribution in [3.63, 3.8) is 0 Å². The zero-order chi connectivity index (χ0) is 10.7. The van der Waals surface area contributed by atoms with Crippen LogP contribution in [0.15, 0.2) is 24.5 Å². The summed E-state index contributed by atoms with van der Waals surface area (Å²) in [6, 6.07) is 3.89. The Morgan fingerprint density at radius 1 is 1.60 bits per heavy atom. The van der Waals surface area contributed by atoms with Crippen LogP contribution in [-0.4, -0.2) is 28.1 Å². The van der Waals surface area contributed by atoms with E-state index in [4.69, 9.17) is 0 Å². The number of hydrogen-bond donors (Lipinski definition) is 1. The molecular weight excluding hydrogens is 208 g/mol. The molecule has 1 aromatic rings. The summed E-state index contributed by atoms with van der Waals surface area (Å²) in [5.41, 5.74) is 1.09. The summed E-state index contributed by atoms with van der Waals surface area (Å²) in [5, 5.41) is 0. The Balaban J connectivity index is 1.99. The van der Waals surface area contributed by atoms with Crippen molar-refractivity contribution in [1.29, 1.82) is 0 Å². The van der Waals surface area contributed by atoms with Crippen LogP contribution in [0.1, 0.15) is 12.0 Å². The molecule has 2 rings (SSSR count). The van der Waals surface area contributed by atoms with E-state index in [0.29, 0.717) is 18.9 Å². The fourth-order valence-corrected chi connectivity index (χ4v) is 2.09. The van der Waals surface area contributed by atoms with E-state index in [-0.39, 0.29) is 5.91 Å². The Kier molecular flexibility index (Phi) is 3.26. The summed E-state index contributed by atoms with van der Waals surface area (Å²) in [6.07, 6.45) is 4.19. The predicted molar refractivity (Wildman–Crippen MR) is 61.6 cm³/mol. The Labute approximate surface area is 94.9 Å². The summed E-state index contributed by atoms with van der Waals surface area (Å²) < 4.78 is 0. The summed E-state index contributed by atoms with van der Waals surface area (Å²) in [6.45, 7) is 1.51. The van der Waals surface area contributed by atoms with Crippen molar-refractivity contribution in [2.75, 3.05) is 12.3 Å². The largest absolute Gasteiger partial charge is 0.338 e. The Morgan fingerprint density at radius 2 is 2.47 bits per heavy atom. The lowest BCUT2D eigenvalue weighted by atomic mass is 10.1. The maximum Gasteiger partial charge on any atom is 0.223 e. The van der Waals surface area contributed by atoms with Gasteiger partial charge in [-0.15, -0.1) is 0 Å². The van der Waals surface area contributed by atoms with Gasteiger partial charge in [-0.25, -0.2) is 0 Å². The van der Waals surface area contributed by atoms with Gasteiger partial charge in [-0.1, -0.05) is 6.07 Å². The molecule has 1 atom stereocenters. The fraction of sp³-hybridized carbons (Fsp3) is 0.455. The van der Waals surface area contributed by atoms with E-state index in [2.05, 4.69) is 17.6 Å². The Morgan fingerprint density at radius 3 is 3.07 bits per heavy atom. The van der Waals surface area contributed by atoms with Crippen molar-refractivity contribution in [1.82, 2.24) is 9.88 Å². The van der Waals surface area contributed by atoms with E-state index in [1.807, 2.05) is 17.0 Å². The number of pyridine rings is 1. The molecule has 0 radical (unpaired) electrons. The second kappa shape index (κ2) is 4.66. The number of hydrogen-bond acceptors (Lipinski definition) is 3. The van der Waals surface area contributed by atoms with Crippen molar-refractivity contribution in [3.05, 3.63) is 30.1 Å². The molecule has 1 unspecified atom stereocenters. The van der Waals surface area contributed by atoms with Gasteiger partial charge in [-0.2, -0.15) is 12.6 Å². The molecule has 3 nitrogen and oxygen atoms in total. The van der Waals surface area contributed by atoms with Crippen LogP contribution in [-0.2, 0) is 11.3 Å². The molecule has 4 heteroatoms. The summed E-state index contributed by atoms with van der Waals surface area (Å²) in [4.78, 5) is 17.5. The molecular formula is C11H14N2OS. The molecule has 15 heavy (non-hydrogen) atoms. The second-order valence-corrected chi connectivity index (χ2v) is 4.25. The highest BCUT2D eigenvalue weighted by molar-refractivity contribution is 7.80. The topological polar surface area (TPSA) is 33.2 Å². The molecule has 0 aliphatic carbocycles. The minimum atomic E-state index is 0.234. The fourth-order valence-electron chi connectivity index (χ4n) is 1.84. The number of nitrogens with zero attached hydrogens (tertiary/aromatic N) is 2. The highest BCUT2D eigenvalue weighted by atomic mass is 32.1. The third-order valence-electron chi connectivity index (χ3n) is 2.65. The van der Waals surface area contributed by atoms with Crippen molar-refractivity contribution in [2.24, 2.45) is 5.92 Å². The molecule has 1 saturated heterocycles. The van der Waals surface area contributed by atoms with Gasteiger partial charge in [0.15, 0.2) is 0 Å². The first-order valence-corrected chi connectivity index (χ1v) is 5.70. The molecule has 1 aliphatic heterocycles. The lowest BCUT2D eigenvalue weighted by Crippen LogP contribution is -2.24. The molecule has 1 aliphatic rings. The van der Waals surface area contributed by atoms with Gasteiger partial charge >= 0.3 is 0 Å². The van der Waals surface area contributed by atoms with Crippen LogP contribution >= 0.6 is 12.6 Å². The van der Waals surface area contributed by atoms with E-state index in [9.17, 15) is 4.79 Å². The number of likely N-dealkylation sites (tertiary alicyclic amines) is 1. The minimum absolute atomic E-state index is 0.234. The van der Waals surface area contributed by atoms with Crippen molar-refractivity contribution < 1.29 is 4.79 Å². The summed E-state index contributed by atoms with van der Waals surface area (Å²) >= 11 is 4.23. The average molecular weight is 222 g/mol. The standard InChI is InChI=1S/C11H14N2OS/c14-11-4-10(8-15)7-13(11)6-9-2-1-3-12-5-9/h1-3,5,10,15H,4,6-8H2. The van der Waals surface area contributed by atoms with Crippen LogP contribution in [0.2, 0.25) is 0 Å². The number of amides is 1. The van der Waals surface area contributed by atoms with Crippen molar-refractivity contribution in [2.45, 2.75) is 13.0 Å². The zero-order valence-corrected chi connectivity index (χ0v) is 9.36. The minimum Gasteiger partial charge on any atom is -0.338 e. The van der Waals surface area contributed by atoms with Crippen LogP contribution in [0.5, 0.6) is 0 Å². The number of rotatable bonds is 3. The van der Waals surface area contributed by atoms with Crippen LogP contribution < -0.4 is 0 Å². The van der Waals surface area contributed by atoms with E-state index in [0.717, 1.165) is 17.9 Å². The number of thiol groups is 1. The molecule has 0 aromatic carbocycles. The van der Waals surface area contributed by atoms with Crippen molar-refractivity contribution >= 4 is 18.5 Å². The first-order chi connectivity index (χ1) is 7.29. The number of carbonyl (C=O) groups is 1. The molecule has 1 amide bonds. The molecule has 2 heterocycles. The quantitative estimate of drug-likeness (QED) is 0.783. The lowest BCUT2D eigenvalue weighted by Gasteiger charge is -2.15. The maximum atomic E-state index is 11.6. The predicted octanol–water partition coefficient (Wildman–Crippen LogP) is 1.36. The Hall–Kier alpha value is -1.03. The van der Waals surface area contributed by atoms with Gasteiger partial charge in [0, 0.05) is 31.9 Å². The van der Waals surface area contributed by atoms with Gasteiger partial charge in [0.25, 0.3) is 0 Å². The highest BCUT2D eigenvalue weighted by Gasteiger charge is 2.28. The average Bonchev–Trinajstić information content (AvgIpc) is 2.61. The molecule has 80 valence electrons. The van der Waals surface area contributed by atoms with Gasteiger partial charge in [-0.3, -0.25) is 9.78 Å². The van der Waals surface area contributed by atoms with Gasteiger partial charge in [0.05, 0.1) is 0 Å². The van der Waals surface area contributed by atoms with Gasteiger partial charge in [0.1, 0.15) is 0 Å². The number of aromatic nitrogens is 1. The molecule has 0 bridgehead atoms. The van der Waals surface area contributed by atoms with Crippen LogP contribution in [0.4, 0.5) is 0 Å². The Bertz CT molecular complexity index is 342. The normalized spacial score (nSPS) is 21.0. The van der Waals surface area contributed by atoms with Gasteiger partial charge in [-0.05, 0) is 23.3 Å². The second-order valence-electron chi connectivity index (χ2n) is 3.89. The maximum absolute atomic E-state index is 11.6. The van der Waals surface area contributed by atoms with Crippen molar-refractivity contribution in [3.8, 4) is 0 Å². The highest BCUT2D eigenvalue weighted by Crippen LogP contribution is 2.20. The van der Waals surface area contributed by atoms with Crippen LogP contribution in [0.3, 0.4) is 0 Å². The SMILES string of the molecule is O=C1CC(CS)CN1Cc1cccnc1. The van der Waals surface area contributed by atoms with Crippen LogP contribution in [0, 0.1) is 5.92 Å². The molecule has 1 fully saturated rings. The van der Waals surface area contributed by atoms with E-state index >= 15 is 0 Å². The first kappa shape index (κ1) is 10.5. The van der Waals surface area contributed by atoms with E-state index < -0.39 is 0 Å². The lowest BCUT2D eigenvalue weighted by molar-refractivity contribution is -0.128. The molecule has 0 spiro atoms. The smallest absolute Gasteiger partial charge is 0.223 e. The summed E-state index contributed by atoms with van der Waals surface area (Å²) in [7, 11) is 0. The third kappa shape index (κ3) is 2.50. The van der Waals surface area contributed by atoms with E-state index in [1.165, 1.54) is 0 Å². The van der Waals surface area contributed by atoms with Gasteiger partial charge in [0.2, 0.25) is 5.91 Å². The molecule has 0 saturated carbocycles. The van der Waals surface area contributed by atoms with Gasteiger partial charge < -0.3 is 4.90 Å². The van der Waals surface area contributed by atoms with E-state index in [1.54, 1.807) is 12.4 Å². The molecule has 0 N–H and O–H groups in total. The number of carbonyl (C=O) groups excluding carboxylic acids is 1. The third-order valence-corrected chi connectivity index (χ3v) is 3.17. The summed E-state index contributed by atoms with van der Waals surface area (Å²) in [5.74, 6) is 1.44. The van der Waals surface area contributed by atoms with Crippen LogP contribution in [0.25, 0.3) is 0 Å². The first-order valence-electron chi connectivity index (χ1n) is 5.07.